The third-order valence-electron chi connectivity index (χ3n) is 4.38. The normalized spacial score (nSPS) is 14.0. The summed E-state index contributed by atoms with van der Waals surface area (Å²) in [5.74, 6) is 0.729. The number of hydrogen-bond donors (Lipinski definition) is 0. The van der Waals surface area contributed by atoms with E-state index < -0.39 is 4.92 Å². The lowest BCUT2D eigenvalue weighted by Crippen LogP contribution is -2.48. The minimum absolute atomic E-state index is 0.0673. The predicted octanol–water partition coefficient (Wildman–Crippen LogP) is 1.98. The number of carbonyl (C=O) groups is 1. The molecule has 1 aliphatic heterocycles. The highest BCUT2D eigenvalue weighted by Gasteiger charge is 2.36. The number of amides is 1. The Kier molecular flexibility index (Phi) is 4.07. The molecule has 1 amide bonds. The lowest BCUT2D eigenvalue weighted by molar-refractivity contribution is -0.385. The minimum Gasteiger partial charge on any atom is -0.338 e. The van der Waals surface area contributed by atoms with Gasteiger partial charge in [-0.3, -0.25) is 14.9 Å². The van der Waals surface area contributed by atoms with Crippen molar-refractivity contribution in [1.29, 1.82) is 0 Å². The largest absolute Gasteiger partial charge is 0.338 e. The van der Waals surface area contributed by atoms with E-state index in [0.717, 1.165) is 0 Å². The Balaban J connectivity index is 1.44. The number of nitro benzene ring substituents is 1. The van der Waals surface area contributed by atoms with Crippen LogP contribution in [0.3, 0.4) is 0 Å². The van der Waals surface area contributed by atoms with E-state index in [1.54, 1.807) is 42.4 Å². The molecule has 27 heavy (non-hydrogen) atoms. The predicted molar refractivity (Wildman–Crippen MR) is 91.8 cm³/mol. The Morgan fingerprint density at radius 2 is 2.00 bits per heavy atom. The Labute approximate surface area is 153 Å². The second kappa shape index (κ2) is 6.56. The molecule has 1 fully saturated rings. The summed E-state index contributed by atoms with van der Waals surface area (Å²) in [5.41, 5.74) is 0.733. The summed E-state index contributed by atoms with van der Waals surface area (Å²) in [5, 5.41) is 14.9. The van der Waals surface area contributed by atoms with Gasteiger partial charge in [0.1, 0.15) is 0 Å². The first kappa shape index (κ1) is 16.8. The zero-order chi connectivity index (χ0) is 19.0. The van der Waals surface area contributed by atoms with Crippen LogP contribution >= 0.6 is 0 Å². The zero-order valence-corrected chi connectivity index (χ0v) is 14.3. The van der Waals surface area contributed by atoms with Crippen LogP contribution in [0.2, 0.25) is 0 Å². The zero-order valence-electron chi connectivity index (χ0n) is 14.3. The molecule has 0 radical (unpaired) electrons. The molecule has 3 aromatic rings. The second-order valence-corrected chi connectivity index (χ2v) is 6.19. The monoisotopic (exact) mass is 366 g/mol. The van der Waals surface area contributed by atoms with Crippen molar-refractivity contribution in [3.8, 4) is 11.6 Å². The molecule has 1 saturated heterocycles. The highest BCUT2D eigenvalue weighted by molar-refractivity contribution is 5.95. The van der Waals surface area contributed by atoms with Gasteiger partial charge < -0.3 is 9.42 Å². The molecular weight excluding hydrogens is 352 g/mol. The molecule has 1 aliphatic rings. The summed E-state index contributed by atoms with van der Waals surface area (Å²) < 4.78 is 5.25. The van der Waals surface area contributed by atoms with Crippen molar-refractivity contribution in [2.24, 2.45) is 0 Å². The summed E-state index contributed by atoms with van der Waals surface area (Å²) in [6.07, 6.45) is 3.17. The molecule has 136 valence electrons. The van der Waals surface area contributed by atoms with Crippen molar-refractivity contribution in [3.63, 3.8) is 0 Å². The van der Waals surface area contributed by atoms with E-state index in [1.807, 2.05) is 0 Å². The van der Waals surface area contributed by atoms with Crippen molar-refractivity contribution in [2.75, 3.05) is 13.1 Å². The van der Waals surface area contributed by atoms with Crippen LogP contribution in [0.1, 0.15) is 27.7 Å². The van der Waals surface area contributed by atoms with Gasteiger partial charge in [-0.1, -0.05) is 11.2 Å². The average Bonchev–Trinajstić information content (AvgIpc) is 3.11. The maximum absolute atomic E-state index is 12.5. The number of nitro groups is 1. The average molecular weight is 366 g/mol. The molecule has 0 saturated carbocycles. The van der Waals surface area contributed by atoms with Crippen LogP contribution in [0.15, 0.2) is 41.2 Å². The van der Waals surface area contributed by atoms with E-state index in [-0.39, 0.29) is 23.1 Å². The molecule has 1 aromatic carbocycles. The summed E-state index contributed by atoms with van der Waals surface area (Å²) >= 11 is 0. The first-order chi connectivity index (χ1) is 13.0. The highest BCUT2D eigenvalue weighted by Crippen LogP contribution is 2.29. The fourth-order valence-corrected chi connectivity index (χ4v) is 2.83. The molecule has 0 aliphatic carbocycles. The number of aromatic nitrogens is 4. The summed E-state index contributed by atoms with van der Waals surface area (Å²) in [6.45, 7) is 2.44. The van der Waals surface area contributed by atoms with Crippen LogP contribution in [-0.2, 0) is 0 Å². The molecule has 10 heteroatoms. The van der Waals surface area contributed by atoms with Crippen molar-refractivity contribution < 1.29 is 14.2 Å². The van der Waals surface area contributed by atoms with Gasteiger partial charge in [0.15, 0.2) is 0 Å². The molecule has 4 rings (SSSR count). The molecule has 0 N–H and O–H groups in total. The Bertz CT molecular complexity index is 1010. The quantitative estimate of drug-likeness (QED) is 0.506. The minimum atomic E-state index is -0.489. The number of likely N-dealkylation sites (tertiary alicyclic amines) is 1. The molecule has 0 atom stereocenters. The number of benzene rings is 1. The van der Waals surface area contributed by atoms with Crippen molar-refractivity contribution in [1.82, 2.24) is 25.0 Å². The van der Waals surface area contributed by atoms with Gasteiger partial charge in [-0.25, -0.2) is 9.97 Å². The lowest BCUT2D eigenvalue weighted by Gasteiger charge is -2.37. The molecule has 3 heterocycles. The molecular formula is C17H14N6O4. The Hall–Kier alpha value is -3.69. The van der Waals surface area contributed by atoms with Gasteiger partial charge in [-0.05, 0) is 19.1 Å². The van der Waals surface area contributed by atoms with Crippen LogP contribution in [0, 0.1) is 17.0 Å². The number of nitrogens with zero attached hydrogens (tertiary/aromatic N) is 6. The smallest absolute Gasteiger partial charge is 0.273 e. The lowest BCUT2D eigenvalue weighted by atomic mass is 9.98. The fraction of sp³-hybridized carbons (Fsp3) is 0.235. The van der Waals surface area contributed by atoms with Crippen LogP contribution in [0.4, 0.5) is 5.69 Å². The van der Waals surface area contributed by atoms with E-state index in [9.17, 15) is 14.9 Å². The second-order valence-electron chi connectivity index (χ2n) is 6.19. The molecule has 0 spiro atoms. The topological polar surface area (TPSA) is 128 Å². The Morgan fingerprint density at radius 1 is 1.26 bits per heavy atom. The van der Waals surface area contributed by atoms with Gasteiger partial charge in [0.05, 0.1) is 10.8 Å². The first-order valence-corrected chi connectivity index (χ1v) is 8.18. The molecule has 0 unspecified atom stereocenters. The van der Waals surface area contributed by atoms with Crippen LogP contribution in [0.25, 0.3) is 11.6 Å². The van der Waals surface area contributed by atoms with Gasteiger partial charge in [-0.15, -0.1) is 0 Å². The van der Waals surface area contributed by atoms with Crippen molar-refractivity contribution >= 4 is 11.6 Å². The van der Waals surface area contributed by atoms with E-state index in [2.05, 4.69) is 20.1 Å². The van der Waals surface area contributed by atoms with Gasteiger partial charge in [-0.2, -0.15) is 4.98 Å². The summed E-state index contributed by atoms with van der Waals surface area (Å²) in [6, 6.07) is 6.17. The molecule has 10 nitrogen and oxygen atoms in total. The van der Waals surface area contributed by atoms with Crippen molar-refractivity contribution in [3.05, 3.63) is 63.8 Å². The molecule has 0 bridgehead atoms. The summed E-state index contributed by atoms with van der Waals surface area (Å²) in [7, 11) is 0. The van der Waals surface area contributed by atoms with Crippen LogP contribution in [-0.4, -0.2) is 48.9 Å². The maximum atomic E-state index is 12.5. The third-order valence-corrected chi connectivity index (χ3v) is 4.38. The van der Waals surface area contributed by atoms with Crippen molar-refractivity contribution in [2.45, 2.75) is 12.8 Å². The van der Waals surface area contributed by atoms with Gasteiger partial charge in [0.25, 0.3) is 11.6 Å². The van der Waals surface area contributed by atoms with Gasteiger partial charge in [0.2, 0.25) is 17.5 Å². The van der Waals surface area contributed by atoms with Crippen LogP contribution < -0.4 is 0 Å². The van der Waals surface area contributed by atoms with Gasteiger partial charge in [0, 0.05) is 42.7 Å². The first-order valence-electron chi connectivity index (χ1n) is 8.18. The van der Waals surface area contributed by atoms with E-state index >= 15 is 0 Å². The number of hydrogen-bond acceptors (Lipinski definition) is 8. The number of aryl methyl sites for hydroxylation is 1. The Morgan fingerprint density at radius 3 is 2.70 bits per heavy atom. The standard InChI is InChI=1S/C17H14N6O4/c1-10-3-4-11(7-13(10)23(25)26)17(24)22-8-12(9-22)16-20-15(21-27-16)14-18-5-2-6-19-14/h2-7,12H,8-9H2,1H3. The maximum Gasteiger partial charge on any atom is 0.273 e. The SMILES string of the molecule is Cc1ccc(C(=O)N2CC(c3nc(-c4ncccn4)no3)C2)cc1[N+](=O)[O-]. The van der Waals surface area contributed by atoms with E-state index in [1.165, 1.54) is 6.07 Å². The number of carbonyl (C=O) groups excluding carboxylic acids is 1. The highest BCUT2D eigenvalue weighted by atomic mass is 16.6. The van der Waals surface area contributed by atoms with Crippen LogP contribution in [0.5, 0.6) is 0 Å². The number of rotatable bonds is 4. The van der Waals surface area contributed by atoms with E-state index in [4.69, 9.17) is 4.52 Å². The fourth-order valence-electron chi connectivity index (χ4n) is 2.83. The van der Waals surface area contributed by atoms with Gasteiger partial charge >= 0.3 is 0 Å². The summed E-state index contributed by atoms with van der Waals surface area (Å²) in [4.78, 5) is 37.1. The molecule has 2 aromatic heterocycles. The third kappa shape index (κ3) is 3.12. The van der Waals surface area contributed by atoms with E-state index in [0.29, 0.717) is 36.2 Å².